The topological polar surface area (TPSA) is 131 Å². The maximum absolute atomic E-state index is 13.7. The Morgan fingerprint density at radius 3 is 2.31 bits per heavy atom. The second-order valence-electron chi connectivity index (χ2n) is 10.8. The van der Waals surface area contributed by atoms with E-state index in [1.165, 1.54) is 18.9 Å². The third-order valence-corrected chi connectivity index (χ3v) is 7.73. The van der Waals surface area contributed by atoms with Crippen LogP contribution >= 0.6 is 0 Å². The first-order valence-corrected chi connectivity index (χ1v) is 14.4. The highest BCUT2D eigenvalue weighted by Gasteiger charge is 2.37. The van der Waals surface area contributed by atoms with Crippen LogP contribution in [0, 0.1) is 6.92 Å². The number of hydrogen-bond acceptors (Lipinski definition) is 6. The Labute approximate surface area is 258 Å². The highest BCUT2D eigenvalue weighted by Crippen LogP contribution is 2.38. The van der Waals surface area contributed by atoms with Gasteiger partial charge >= 0.3 is 6.18 Å². The Bertz CT molecular complexity index is 1560. The number of alkyl halides is 3. The van der Waals surface area contributed by atoms with Gasteiger partial charge < -0.3 is 26.0 Å². The molecule has 9 nitrogen and oxygen atoms in total. The predicted octanol–water partition coefficient (Wildman–Crippen LogP) is 4.41. The van der Waals surface area contributed by atoms with Crippen molar-refractivity contribution in [3.8, 4) is 5.75 Å². The molecule has 0 aliphatic carbocycles. The lowest BCUT2D eigenvalue weighted by atomic mass is 9.92. The van der Waals surface area contributed by atoms with Crippen LogP contribution in [0.3, 0.4) is 0 Å². The second kappa shape index (κ2) is 14.4. The Morgan fingerprint density at radius 2 is 1.67 bits per heavy atom. The highest BCUT2D eigenvalue weighted by molar-refractivity contribution is 6.00. The molecule has 0 aromatic heterocycles. The standard InChI is InChI=1S/C33H35F3N4O5/c1-20-16-26(29(45-2)18-24(20)33(34,35)36)39-31(43)25(14-15-37)38-32(44)27-17-22-10-6-7-11-23(22)19-40(27)30(42)13-12-28(41)21-8-4-3-5-9-21/h3-11,16,18,25,27H,12-15,17,19,37H2,1-2H3,(H,38,44)(H,39,43)/t25-,27-/m0/s1. The van der Waals surface area contributed by atoms with Crippen molar-refractivity contribution >= 4 is 29.2 Å². The van der Waals surface area contributed by atoms with Gasteiger partial charge in [0, 0.05) is 31.4 Å². The molecule has 3 amide bonds. The number of ether oxygens (including phenoxy) is 1. The molecule has 3 aromatic carbocycles. The molecule has 0 radical (unpaired) electrons. The van der Waals surface area contributed by atoms with Gasteiger partial charge in [-0.1, -0.05) is 54.6 Å². The molecule has 45 heavy (non-hydrogen) atoms. The van der Waals surface area contributed by atoms with Crippen LogP contribution < -0.4 is 21.1 Å². The number of fused-ring (bicyclic) bond motifs is 1. The van der Waals surface area contributed by atoms with Crippen molar-refractivity contribution in [1.82, 2.24) is 10.2 Å². The molecule has 3 aromatic rings. The Morgan fingerprint density at radius 1 is 1.00 bits per heavy atom. The Balaban J connectivity index is 1.52. The molecule has 1 aliphatic heterocycles. The van der Waals surface area contributed by atoms with E-state index in [4.69, 9.17) is 10.5 Å². The van der Waals surface area contributed by atoms with Crippen molar-refractivity contribution in [1.29, 1.82) is 0 Å². The number of nitrogens with one attached hydrogen (secondary N) is 2. The van der Waals surface area contributed by atoms with Gasteiger partial charge in [-0.05, 0) is 48.7 Å². The maximum atomic E-state index is 13.7. The molecule has 1 aliphatic rings. The smallest absolute Gasteiger partial charge is 0.416 e. The van der Waals surface area contributed by atoms with Crippen molar-refractivity contribution in [2.75, 3.05) is 19.0 Å². The number of anilines is 1. The van der Waals surface area contributed by atoms with E-state index in [0.29, 0.717) is 5.56 Å². The van der Waals surface area contributed by atoms with Gasteiger partial charge in [0.05, 0.1) is 18.4 Å². The molecule has 2 atom stereocenters. The summed E-state index contributed by atoms with van der Waals surface area (Å²) < 4.78 is 45.3. The number of rotatable bonds is 11. The summed E-state index contributed by atoms with van der Waals surface area (Å²) in [5, 5.41) is 5.24. The van der Waals surface area contributed by atoms with Crippen LogP contribution in [0.1, 0.15) is 51.9 Å². The summed E-state index contributed by atoms with van der Waals surface area (Å²) in [6, 6.07) is 15.8. The Kier molecular flexibility index (Phi) is 10.6. The van der Waals surface area contributed by atoms with E-state index < -0.39 is 41.5 Å². The number of aryl methyl sites for hydroxylation is 1. The van der Waals surface area contributed by atoms with E-state index in [9.17, 15) is 32.3 Å². The highest BCUT2D eigenvalue weighted by atomic mass is 19.4. The SMILES string of the molecule is COc1cc(C(F)(F)F)c(C)cc1NC(=O)[C@H](CCN)NC(=O)[C@@H]1Cc2ccccc2CN1C(=O)CCC(=O)c1ccccc1. The largest absolute Gasteiger partial charge is 0.495 e. The molecular weight excluding hydrogens is 589 g/mol. The minimum absolute atomic E-state index is 0.00393. The van der Waals surface area contributed by atoms with Crippen LogP contribution in [0.2, 0.25) is 0 Å². The maximum Gasteiger partial charge on any atom is 0.416 e. The van der Waals surface area contributed by atoms with Crippen LogP contribution in [-0.4, -0.2) is 54.1 Å². The first-order valence-electron chi connectivity index (χ1n) is 14.4. The third-order valence-electron chi connectivity index (χ3n) is 7.73. The number of carbonyl (C=O) groups excluding carboxylic acids is 4. The molecule has 4 rings (SSSR count). The molecule has 238 valence electrons. The molecule has 0 bridgehead atoms. The van der Waals surface area contributed by atoms with Gasteiger partial charge in [0.25, 0.3) is 0 Å². The summed E-state index contributed by atoms with van der Waals surface area (Å²) in [6.07, 6.45) is -4.57. The molecule has 0 spiro atoms. The number of halogens is 3. The van der Waals surface area contributed by atoms with Crippen molar-refractivity contribution < 1.29 is 37.1 Å². The van der Waals surface area contributed by atoms with Gasteiger partial charge in [-0.15, -0.1) is 0 Å². The molecular formula is C33H35F3N4O5. The Hall–Kier alpha value is -4.71. The molecule has 4 N–H and O–H groups in total. The lowest BCUT2D eigenvalue weighted by molar-refractivity contribution is -0.142. The van der Waals surface area contributed by atoms with Crippen molar-refractivity contribution in [3.63, 3.8) is 0 Å². The number of nitrogens with two attached hydrogens (primary N) is 1. The summed E-state index contributed by atoms with van der Waals surface area (Å²) in [7, 11) is 1.18. The van der Waals surface area contributed by atoms with Gasteiger partial charge in [0.2, 0.25) is 17.7 Å². The van der Waals surface area contributed by atoms with E-state index in [0.717, 1.165) is 23.3 Å². The average molecular weight is 625 g/mol. The normalized spacial score (nSPS) is 15.1. The molecule has 12 heteroatoms. The fourth-order valence-electron chi connectivity index (χ4n) is 5.34. The summed E-state index contributed by atoms with van der Waals surface area (Å²) in [5.41, 5.74) is 6.92. The number of ketones is 1. The zero-order valence-corrected chi connectivity index (χ0v) is 24.9. The first kappa shape index (κ1) is 33.2. The fraction of sp³-hybridized carbons (Fsp3) is 0.333. The van der Waals surface area contributed by atoms with Crippen LogP contribution in [-0.2, 0) is 33.5 Å². The lowest BCUT2D eigenvalue weighted by Crippen LogP contribution is -2.56. The predicted molar refractivity (Wildman–Crippen MR) is 161 cm³/mol. The van der Waals surface area contributed by atoms with Gasteiger partial charge in [-0.25, -0.2) is 0 Å². The minimum atomic E-state index is -4.62. The van der Waals surface area contributed by atoms with E-state index in [1.807, 2.05) is 24.3 Å². The number of nitrogens with zero attached hydrogens (tertiary/aromatic N) is 1. The van der Waals surface area contributed by atoms with Gasteiger partial charge in [0.15, 0.2) is 5.78 Å². The summed E-state index contributed by atoms with van der Waals surface area (Å²) >= 11 is 0. The van der Waals surface area contributed by atoms with Crippen molar-refractivity contribution in [2.45, 2.75) is 57.4 Å². The number of benzene rings is 3. The van der Waals surface area contributed by atoms with E-state index >= 15 is 0 Å². The minimum Gasteiger partial charge on any atom is -0.495 e. The zero-order valence-electron chi connectivity index (χ0n) is 24.9. The summed E-state index contributed by atoms with van der Waals surface area (Å²) in [6.45, 7) is 1.42. The fourth-order valence-corrected chi connectivity index (χ4v) is 5.34. The molecule has 1 heterocycles. The first-order chi connectivity index (χ1) is 21.4. The van der Waals surface area contributed by atoms with E-state index in [-0.39, 0.29) is 61.6 Å². The quantitative estimate of drug-likeness (QED) is 0.271. The van der Waals surface area contributed by atoms with Crippen molar-refractivity contribution in [2.24, 2.45) is 5.73 Å². The number of hydrogen-bond donors (Lipinski definition) is 3. The number of methoxy groups -OCH3 is 1. The van der Waals surface area contributed by atoms with Gasteiger partial charge in [-0.3, -0.25) is 19.2 Å². The van der Waals surface area contributed by atoms with E-state index in [1.54, 1.807) is 30.3 Å². The van der Waals surface area contributed by atoms with Crippen LogP contribution in [0.4, 0.5) is 18.9 Å². The van der Waals surface area contributed by atoms with Crippen LogP contribution in [0.5, 0.6) is 5.75 Å². The molecule has 0 saturated carbocycles. The summed E-state index contributed by atoms with van der Waals surface area (Å²) in [4.78, 5) is 54.6. The lowest BCUT2D eigenvalue weighted by Gasteiger charge is -2.36. The summed E-state index contributed by atoms with van der Waals surface area (Å²) in [5.74, 6) is -2.11. The van der Waals surface area contributed by atoms with E-state index in [2.05, 4.69) is 10.6 Å². The number of Topliss-reactive ketones (excluding diaryl/α,β-unsaturated/α-hetero) is 1. The van der Waals surface area contributed by atoms with Crippen LogP contribution in [0.15, 0.2) is 66.7 Å². The zero-order chi connectivity index (χ0) is 32.7. The van der Waals surface area contributed by atoms with Crippen LogP contribution in [0.25, 0.3) is 0 Å². The second-order valence-corrected chi connectivity index (χ2v) is 10.8. The van der Waals surface area contributed by atoms with Gasteiger partial charge in [-0.2, -0.15) is 13.2 Å². The molecule has 0 saturated heterocycles. The van der Waals surface area contributed by atoms with Gasteiger partial charge in [0.1, 0.15) is 17.8 Å². The monoisotopic (exact) mass is 624 g/mol. The van der Waals surface area contributed by atoms with Crippen molar-refractivity contribution in [3.05, 3.63) is 94.5 Å². The average Bonchev–Trinajstić information content (AvgIpc) is 3.02. The molecule has 0 fully saturated rings. The third kappa shape index (κ3) is 8.07. The molecule has 0 unspecified atom stereocenters. The number of carbonyl (C=O) groups is 4. The number of amides is 3.